The molecule has 2 aromatic rings. The summed E-state index contributed by atoms with van der Waals surface area (Å²) in [7, 11) is 2.09. The number of fused-ring (bicyclic) bond motifs is 1. The van der Waals surface area contributed by atoms with E-state index in [0.717, 1.165) is 54.8 Å². The normalized spacial score (nSPS) is 23.3. The molecule has 27 heavy (non-hydrogen) atoms. The molecule has 0 aliphatic carbocycles. The maximum Gasteiger partial charge on any atom is 0.416 e. The number of pyridine rings is 1. The Morgan fingerprint density at radius 3 is 2.59 bits per heavy atom. The molecule has 2 aliphatic heterocycles. The van der Waals surface area contributed by atoms with E-state index < -0.39 is 11.7 Å². The SMILES string of the molecule is CN1CCC[C@@H](N2N=Cc3cnccc3C2c2ccc(C(F)(F)F)cc2)C1. The molecule has 4 rings (SSSR count). The van der Waals surface area contributed by atoms with Crippen LogP contribution in [0, 0.1) is 0 Å². The van der Waals surface area contributed by atoms with E-state index in [1.165, 1.54) is 0 Å². The van der Waals surface area contributed by atoms with Crippen LogP contribution in [-0.2, 0) is 6.18 Å². The minimum atomic E-state index is -4.34. The maximum atomic E-state index is 13.0. The van der Waals surface area contributed by atoms with Gasteiger partial charge in [0.15, 0.2) is 0 Å². The summed E-state index contributed by atoms with van der Waals surface area (Å²) in [6, 6.07) is 7.37. The zero-order valence-electron chi connectivity index (χ0n) is 15.0. The van der Waals surface area contributed by atoms with Crippen LogP contribution in [0.2, 0.25) is 0 Å². The van der Waals surface area contributed by atoms with Crippen molar-refractivity contribution in [1.82, 2.24) is 14.9 Å². The lowest BCUT2D eigenvalue weighted by Crippen LogP contribution is -2.47. The van der Waals surface area contributed by atoms with E-state index in [1.54, 1.807) is 30.7 Å². The fraction of sp³-hybridized carbons (Fsp3) is 0.400. The number of alkyl halides is 3. The summed E-state index contributed by atoms with van der Waals surface area (Å²) in [6.45, 7) is 1.94. The third-order valence-corrected chi connectivity index (χ3v) is 5.30. The molecule has 1 saturated heterocycles. The Bertz CT molecular complexity index is 832. The van der Waals surface area contributed by atoms with E-state index >= 15 is 0 Å². The predicted molar refractivity (Wildman–Crippen MR) is 97.5 cm³/mol. The van der Waals surface area contributed by atoms with Crippen LogP contribution in [0.1, 0.15) is 41.1 Å². The first-order chi connectivity index (χ1) is 12.9. The molecule has 0 spiro atoms. The van der Waals surface area contributed by atoms with E-state index in [4.69, 9.17) is 0 Å². The molecule has 0 bridgehead atoms. The molecular weight excluding hydrogens is 353 g/mol. The molecule has 1 unspecified atom stereocenters. The Balaban J connectivity index is 1.74. The van der Waals surface area contributed by atoms with Gasteiger partial charge in [-0.1, -0.05) is 12.1 Å². The number of hydrogen-bond donors (Lipinski definition) is 0. The molecule has 142 valence electrons. The van der Waals surface area contributed by atoms with Crippen molar-refractivity contribution in [2.75, 3.05) is 20.1 Å². The van der Waals surface area contributed by atoms with Crippen LogP contribution in [0.15, 0.2) is 47.8 Å². The maximum absolute atomic E-state index is 13.0. The van der Waals surface area contributed by atoms with Crippen molar-refractivity contribution in [3.8, 4) is 0 Å². The lowest BCUT2D eigenvalue weighted by atomic mass is 9.91. The fourth-order valence-electron chi connectivity index (χ4n) is 3.96. The van der Waals surface area contributed by atoms with Crippen molar-refractivity contribution in [2.45, 2.75) is 31.1 Å². The first kappa shape index (κ1) is 18.0. The number of rotatable bonds is 2. The molecular formula is C20H21F3N4. The summed E-state index contributed by atoms with van der Waals surface area (Å²) in [5.41, 5.74) is 2.10. The first-order valence-corrected chi connectivity index (χ1v) is 9.05. The van der Waals surface area contributed by atoms with Crippen LogP contribution < -0.4 is 0 Å². The molecule has 0 N–H and O–H groups in total. The number of benzene rings is 1. The molecule has 2 atom stereocenters. The van der Waals surface area contributed by atoms with Crippen molar-refractivity contribution in [3.63, 3.8) is 0 Å². The van der Waals surface area contributed by atoms with Gasteiger partial charge < -0.3 is 4.90 Å². The molecule has 2 aliphatic rings. The van der Waals surface area contributed by atoms with Crippen molar-refractivity contribution in [2.24, 2.45) is 5.10 Å². The van der Waals surface area contributed by atoms with Gasteiger partial charge in [0.2, 0.25) is 0 Å². The quantitative estimate of drug-likeness (QED) is 0.798. The van der Waals surface area contributed by atoms with Gasteiger partial charge in [-0.2, -0.15) is 18.3 Å². The van der Waals surface area contributed by atoms with Gasteiger partial charge in [0, 0.05) is 24.5 Å². The number of halogens is 3. The number of hydrazone groups is 1. The first-order valence-electron chi connectivity index (χ1n) is 9.05. The van der Waals surface area contributed by atoms with Crippen LogP contribution in [0.4, 0.5) is 13.2 Å². The summed E-state index contributed by atoms with van der Waals surface area (Å²) in [4.78, 5) is 6.43. The van der Waals surface area contributed by atoms with Gasteiger partial charge in [0.05, 0.1) is 23.9 Å². The highest BCUT2D eigenvalue weighted by Gasteiger charge is 2.35. The third kappa shape index (κ3) is 3.56. The lowest BCUT2D eigenvalue weighted by molar-refractivity contribution is -0.137. The van der Waals surface area contributed by atoms with Gasteiger partial charge in [0.25, 0.3) is 0 Å². The molecule has 0 radical (unpaired) electrons. The van der Waals surface area contributed by atoms with Crippen LogP contribution in [0.25, 0.3) is 0 Å². The molecule has 0 saturated carbocycles. The summed E-state index contributed by atoms with van der Waals surface area (Å²) in [5.74, 6) is 0. The summed E-state index contributed by atoms with van der Waals surface area (Å²) in [6.07, 6.45) is 3.03. The average molecular weight is 374 g/mol. The van der Waals surface area contributed by atoms with Gasteiger partial charge in [-0.25, -0.2) is 0 Å². The summed E-state index contributed by atoms with van der Waals surface area (Å²) < 4.78 is 38.9. The highest BCUT2D eigenvalue weighted by Crippen LogP contribution is 2.38. The molecule has 4 nitrogen and oxygen atoms in total. The molecule has 1 aromatic heterocycles. The Labute approximate surface area is 156 Å². The second kappa shape index (κ2) is 6.96. The van der Waals surface area contributed by atoms with Gasteiger partial charge in [-0.15, -0.1) is 0 Å². The molecule has 1 aromatic carbocycles. The summed E-state index contributed by atoms with van der Waals surface area (Å²) in [5, 5.41) is 6.73. The largest absolute Gasteiger partial charge is 0.416 e. The molecule has 1 fully saturated rings. The van der Waals surface area contributed by atoms with E-state index in [2.05, 4.69) is 27.0 Å². The minimum Gasteiger partial charge on any atom is -0.304 e. The van der Waals surface area contributed by atoms with Crippen molar-refractivity contribution in [3.05, 3.63) is 65.0 Å². The highest BCUT2D eigenvalue weighted by molar-refractivity contribution is 5.82. The topological polar surface area (TPSA) is 31.7 Å². The number of piperidine rings is 1. The summed E-state index contributed by atoms with van der Waals surface area (Å²) >= 11 is 0. The van der Waals surface area contributed by atoms with Gasteiger partial charge >= 0.3 is 6.18 Å². The van der Waals surface area contributed by atoms with Crippen molar-refractivity contribution < 1.29 is 13.2 Å². The molecule has 0 amide bonds. The van der Waals surface area contributed by atoms with E-state index in [0.29, 0.717) is 0 Å². The highest BCUT2D eigenvalue weighted by atomic mass is 19.4. The number of aromatic nitrogens is 1. The average Bonchev–Trinajstić information content (AvgIpc) is 2.66. The fourth-order valence-corrected chi connectivity index (χ4v) is 3.96. The Morgan fingerprint density at radius 1 is 1.11 bits per heavy atom. The molecule has 7 heteroatoms. The van der Waals surface area contributed by atoms with E-state index in [-0.39, 0.29) is 12.1 Å². The second-order valence-corrected chi connectivity index (χ2v) is 7.21. The van der Waals surface area contributed by atoms with Crippen molar-refractivity contribution >= 4 is 6.21 Å². The smallest absolute Gasteiger partial charge is 0.304 e. The zero-order valence-corrected chi connectivity index (χ0v) is 15.0. The minimum absolute atomic E-state index is 0.216. The van der Waals surface area contributed by atoms with Gasteiger partial charge in [0.1, 0.15) is 0 Å². The number of likely N-dealkylation sites (tertiary alicyclic amines) is 1. The van der Waals surface area contributed by atoms with Gasteiger partial charge in [-0.3, -0.25) is 9.99 Å². The van der Waals surface area contributed by atoms with Gasteiger partial charge in [-0.05, 0) is 55.8 Å². The Morgan fingerprint density at radius 2 is 1.89 bits per heavy atom. The Hall–Kier alpha value is -2.41. The zero-order chi connectivity index (χ0) is 19.0. The van der Waals surface area contributed by atoms with Crippen LogP contribution in [0.5, 0.6) is 0 Å². The van der Waals surface area contributed by atoms with E-state index in [1.807, 2.05) is 6.07 Å². The van der Waals surface area contributed by atoms with Crippen molar-refractivity contribution in [1.29, 1.82) is 0 Å². The second-order valence-electron chi connectivity index (χ2n) is 7.21. The molecule has 3 heterocycles. The van der Waals surface area contributed by atoms with E-state index in [9.17, 15) is 13.2 Å². The number of likely N-dealkylation sites (N-methyl/N-ethyl adjacent to an activating group) is 1. The monoisotopic (exact) mass is 374 g/mol. The van der Waals surface area contributed by atoms with Crippen LogP contribution >= 0.6 is 0 Å². The number of nitrogens with zero attached hydrogens (tertiary/aromatic N) is 4. The third-order valence-electron chi connectivity index (χ3n) is 5.30. The lowest BCUT2D eigenvalue weighted by Gasteiger charge is -2.42. The standard InChI is InChI=1S/C20H21F3N4/c1-26-10-2-3-17(13-26)27-19(18-8-9-24-11-15(18)12-25-27)14-4-6-16(7-5-14)20(21,22)23/h4-9,11-12,17,19H,2-3,10,13H2,1H3/t17-,19?/m1/s1. The van der Waals surface area contributed by atoms with Crippen LogP contribution in [-0.4, -0.2) is 47.3 Å². The number of hydrogen-bond acceptors (Lipinski definition) is 4. The predicted octanol–water partition coefficient (Wildman–Crippen LogP) is 3.93. The Kier molecular flexibility index (Phi) is 4.63. The van der Waals surface area contributed by atoms with Crippen LogP contribution in [0.3, 0.4) is 0 Å².